The van der Waals surface area contributed by atoms with Gasteiger partial charge in [-0.2, -0.15) is 0 Å². The number of hydrogen-bond acceptors (Lipinski definition) is 3. The SMILES string of the molecule is O=C(COc1ccc(Br)cc1F)N1CCN(c2ccccc2)CC1. The molecule has 1 fully saturated rings. The van der Waals surface area contributed by atoms with E-state index in [0.717, 1.165) is 18.8 Å². The van der Waals surface area contributed by atoms with E-state index in [0.29, 0.717) is 17.6 Å². The van der Waals surface area contributed by atoms with E-state index in [1.54, 1.807) is 11.0 Å². The van der Waals surface area contributed by atoms with E-state index in [1.165, 1.54) is 12.1 Å². The number of rotatable bonds is 4. The van der Waals surface area contributed by atoms with Crippen LogP contribution >= 0.6 is 15.9 Å². The first-order valence-electron chi connectivity index (χ1n) is 7.79. The van der Waals surface area contributed by atoms with E-state index >= 15 is 0 Å². The van der Waals surface area contributed by atoms with Crippen LogP contribution in [0.3, 0.4) is 0 Å². The van der Waals surface area contributed by atoms with Gasteiger partial charge in [-0.15, -0.1) is 0 Å². The molecule has 0 saturated carbocycles. The van der Waals surface area contributed by atoms with Gasteiger partial charge in [0.15, 0.2) is 18.2 Å². The molecule has 0 aliphatic carbocycles. The van der Waals surface area contributed by atoms with E-state index in [1.807, 2.05) is 18.2 Å². The fourth-order valence-electron chi connectivity index (χ4n) is 2.68. The molecule has 4 nitrogen and oxygen atoms in total. The topological polar surface area (TPSA) is 32.8 Å². The number of para-hydroxylation sites is 1. The molecule has 6 heteroatoms. The van der Waals surface area contributed by atoms with Gasteiger partial charge in [0.25, 0.3) is 5.91 Å². The van der Waals surface area contributed by atoms with Crippen molar-refractivity contribution in [3.05, 3.63) is 58.8 Å². The van der Waals surface area contributed by atoms with Crippen LogP contribution in [0, 0.1) is 5.82 Å². The minimum Gasteiger partial charge on any atom is -0.481 e. The first kappa shape index (κ1) is 16.8. The van der Waals surface area contributed by atoms with Crippen LogP contribution in [0.5, 0.6) is 5.75 Å². The van der Waals surface area contributed by atoms with Crippen LogP contribution in [-0.2, 0) is 4.79 Å². The molecule has 3 rings (SSSR count). The Bertz CT molecular complexity index is 703. The highest BCUT2D eigenvalue weighted by Crippen LogP contribution is 2.21. The Morgan fingerprint density at radius 3 is 2.46 bits per heavy atom. The summed E-state index contributed by atoms with van der Waals surface area (Å²) in [5, 5.41) is 0. The lowest BCUT2D eigenvalue weighted by Gasteiger charge is -2.36. The summed E-state index contributed by atoms with van der Waals surface area (Å²) in [4.78, 5) is 16.3. The molecule has 1 aliphatic rings. The minimum absolute atomic E-state index is 0.0921. The Labute approximate surface area is 149 Å². The van der Waals surface area contributed by atoms with Crippen molar-refractivity contribution >= 4 is 27.5 Å². The molecule has 1 heterocycles. The van der Waals surface area contributed by atoms with Crippen molar-refractivity contribution in [3.63, 3.8) is 0 Å². The van der Waals surface area contributed by atoms with Gasteiger partial charge in [0.05, 0.1) is 0 Å². The summed E-state index contributed by atoms with van der Waals surface area (Å²) in [5.74, 6) is -0.509. The van der Waals surface area contributed by atoms with E-state index in [4.69, 9.17) is 4.74 Å². The average Bonchev–Trinajstić information content (AvgIpc) is 2.62. The molecule has 1 amide bonds. The molecule has 0 radical (unpaired) electrons. The molecule has 0 N–H and O–H groups in total. The van der Waals surface area contributed by atoms with Crippen molar-refractivity contribution < 1.29 is 13.9 Å². The monoisotopic (exact) mass is 392 g/mol. The van der Waals surface area contributed by atoms with Gasteiger partial charge in [0.1, 0.15) is 0 Å². The van der Waals surface area contributed by atoms with E-state index in [2.05, 4.69) is 33.0 Å². The Balaban J connectivity index is 1.50. The normalized spacial score (nSPS) is 14.6. The number of hydrogen-bond donors (Lipinski definition) is 0. The Hall–Kier alpha value is -2.08. The fourth-order valence-corrected chi connectivity index (χ4v) is 3.01. The number of piperazine rings is 1. The van der Waals surface area contributed by atoms with Gasteiger partial charge >= 0.3 is 0 Å². The molecule has 0 spiro atoms. The first-order valence-corrected chi connectivity index (χ1v) is 8.58. The van der Waals surface area contributed by atoms with Gasteiger partial charge in [-0.05, 0) is 30.3 Å². The number of ether oxygens (including phenoxy) is 1. The second-order valence-corrected chi connectivity index (χ2v) is 6.48. The van der Waals surface area contributed by atoms with Gasteiger partial charge in [-0.1, -0.05) is 34.1 Å². The summed E-state index contributed by atoms with van der Waals surface area (Å²) in [7, 11) is 0. The van der Waals surface area contributed by atoms with Gasteiger partial charge in [0, 0.05) is 36.3 Å². The second kappa shape index (κ2) is 7.66. The molecule has 24 heavy (non-hydrogen) atoms. The highest BCUT2D eigenvalue weighted by Gasteiger charge is 2.21. The minimum atomic E-state index is -0.480. The van der Waals surface area contributed by atoms with Gasteiger partial charge in [0.2, 0.25) is 0 Å². The summed E-state index contributed by atoms with van der Waals surface area (Å²) in [5.41, 5.74) is 1.16. The number of amides is 1. The second-order valence-electron chi connectivity index (χ2n) is 5.57. The molecule has 2 aromatic carbocycles. The van der Waals surface area contributed by atoms with Crippen molar-refractivity contribution in [3.8, 4) is 5.75 Å². The smallest absolute Gasteiger partial charge is 0.260 e. The molecule has 126 valence electrons. The molecular weight excluding hydrogens is 375 g/mol. The van der Waals surface area contributed by atoms with Crippen molar-refractivity contribution in [2.24, 2.45) is 0 Å². The predicted octanol–water partition coefficient (Wildman–Crippen LogP) is 3.32. The molecule has 0 unspecified atom stereocenters. The summed E-state index contributed by atoms with van der Waals surface area (Å²) in [6.45, 7) is 2.69. The number of carbonyl (C=O) groups is 1. The van der Waals surface area contributed by atoms with Gasteiger partial charge in [-0.3, -0.25) is 4.79 Å². The van der Waals surface area contributed by atoms with Crippen molar-refractivity contribution in [2.75, 3.05) is 37.7 Å². The molecule has 0 bridgehead atoms. The van der Waals surface area contributed by atoms with Crippen molar-refractivity contribution in [2.45, 2.75) is 0 Å². The van der Waals surface area contributed by atoms with Gasteiger partial charge < -0.3 is 14.5 Å². The maximum Gasteiger partial charge on any atom is 0.260 e. The van der Waals surface area contributed by atoms with Crippen LogP contribution in [0.15, 0.2) is 53.0 Å². The highest BCUT2D eigenvalue weighted by molar-refractivity contribution is 9.10. The summed E-state index contributed by atoms with van der Waals surface area (Å²) < 4.78 is 19.6. The predicted molar refractivity (Wildman–Crippen MR) is 94.8 cm³/mol. The zero-order valence-electron chi connectivity index (χ0n) is 13.1. The Morgan fingerprint density at radius 1 is 1.08 bits per heavy atom. The third-order valence-electron chi connectivity index (χ3n) is 4.00. The first-order chi connectivity index (χ1) is 11.6. The van der Waals surface area contributed by atoms with Crippen molar-refractivity contribution in [1.82, 2.24) is 4.90 Å². The molecule has 1 saturated heterocycles. The largest absolute Gasteiger partial charge is 0.481 e. The highest BCUT2D eigenvalue weighted by atomic mass is 79.9. The summed E-state index contributed by atoms with van der Waals surface area (Å²) in [6.07, 6.45) is 0. The van der Waals surface area contributed by atoms with Crippen molar-refractivity contribution in [1.29, 1.82) is 0 Å². The van der Waals surface area contributed by atoms with E-state index in [9.17, 15) is 9.18 Å². The number of halogens is 2. The van der Waals surface area contributed by atoms with Gasteiger partial charge in [-0.25, -0.2) is 4.39 Å². The van der Waals surface area contributed by atoms with Crippen LogP contribution in [0.1, 0.15) is 0 Å². The molecule has 0 aromatic heterocycles. The molecule has 1 aliphatic heterocycles. The van der Waals surface area contributed by atoms with Crippen LogP contribution in [-0.4, -0.2) is 43.6 Å². The van der Waals surface area contributed by atoms with Crippen LogP contribution < -0.4 is 9.64 Å². The molecular formula is C18H18BrFN2O2. The number of benzene rings is 2. The zero-order chi connectivity index (χ0) is 16.9. The van der Waals surface area contributed by atoms with Crippen LogP contribution in [0.2, 0.25) is 0 Å². The lowest BCUT2D eigenvalue weighted by atomic mass is 10.2. The number of carbonyl (C=O) groups excluding carboxylic acids is 1. The Kier molecular flexibility index (Phi) is 5.35. The standard InChI is InChI=1S/C18H18BrFN2O2/c19-14-6-7-17(16(20)12-14)24-13-18(23)22-10-8-21(9-11-22)15-4-2-1-3-5-15/h1-7,12H,8-11,13H2. The fraction of sp³-hybridized carbons (Fsp3) is 0.278. The third-order valence-corrected chi connectivity index (χ3v) is 4.49. The van der Waals surface area contributed by atoms with Crippen LogP contribution in [0.25, 0.3) is 0 Å². The molecule has 0 atom stereocenters. The maximum absolute atomic E-state index is 13.7. The average molecular weight is 393 g/mol. The third kappa shape index (κ3) is 4.06. The van der Waals surface area contributed by atoms with Crippen LogP contribution in [0.4, 0.5) is 10.1 Å². The summed E-state index contributed by atoms with van der Waals surface area (Å²) in [6, 6.07) is 14.6. The van der Waals surface area contributed by atoms with E-state index in [-0.39, 0.29) is 18.3 Å². The zero-order valence-corrected chi connectivity index (χ0v) is 14.7. The molecule has 2 aromatic rings. The van der Waals surface area contributed by atoms with E-state index < -0.39 is 5.82 Å². The maximum atomic E-state index is 13.7. The Morgan fingerprint density at radius 2 is 1.79 bits per heavy atom. The number of nitrogens with zero attached hydrogens (tertiary/aromatic N) is 2. The summed E-state index contributed by atoms with van der Waals surface area (Å²) >= 11 is 3.19. The number of anilines is 1. The lowest BCUT2D eigenvalue weighted by Crippen LogP contribution is -2.50. The lowest BCUT2D eigenvalue weighted by molar-refractivity contribution is -0.133. The quantitative estimate of drug-likeness (QED) is 0.799.